The largest absolute Gasteiger partial charge is 0.460 e. The van der Waals surface area contributed by atoms with E-state index in [1.807, 2.05) is 0 Å². The summed E-state index contributed by atoms with van der Waals surface area (Å²) in [6.45, 7) is 8.00. The highest BCUT2D eigenvalue weighted by molar-refractivity contribution is 5.37. The molecule has 1 aliphatic rings. The minimum Gasteiger partial charge on any atom is -0.460 e. The van der Waals surface area contributed by atoms with E-state index >= 15 is 0 Å². The van der Waals surface area contributed by atoms with Gasteiger partial charge >= 0.3 is 6.01 Å². The summed E-state index contributed by atoms with van der Waals surface area (Å²) in [7, 11) is 3.94. The normalized spacial score (nSPS) is 16.8. The first kappa shape index (κ1) is 15.8. The van der Waals surface area contributed by atoms with E-state index in [2.05, 4.69) is 51.0 Å². The molecule has 0 amide bonds. The zero-order valence-corrected chi connectivity index (χ0v) is 13.5. The summed E-state index contributed by atoms with van der Waals surface area (Å²) in [6.07, 6.45) is 2.22. The second-order valence-electron chi connectivity index (χ2n) is 5.28. The van der Waals surface area contributed by atoms with Gasteiger partial charge in [-0.25, -0.2) is 0 Å². The molecule has 0 aromatic carbocycles. The molecule has 1 aliphatic heterocycles. The number of nitrogens with zero attached hydrogens (tertiary/aromatic N) is 5. The van der Waals surface area contributed by atoms with Crippen LogP contribution in [0.3, 0.4) is 0 Å². The van der Waals surface area contributed by atoms with Crippen molar-refractivity contribution in [1.82, 2.24) is 19.9 Å². The van der Waals surface area contributed by atoms with Gasteiger partial charge in [0, 0.05) is 33.2 Å². The van der Waals surface area contributed by atoms with Crippen LogP contribution in [0.4, 0.5) is 11.9 Å². The van der Waals surface area contributed by atoms with Gasteiger partial charge in [-0.1, -0.05) is 0 Å². The summed E-state index contributed by atoms with van der Waals surface area (Å²) in [6, 6.07) is 0.422. The molecule has 21 heavy (non-hydrogen) atoms. The maximum Gasteiger partial charge on any atom is 0.323 e. The van der Waals surface area contributed by atoms with Crippen LogP contribution >= 0.6 is 0 Å². The summed E-state index contributed by atoms with van der Waals surface area (Å²) < 4.78 is 5.97. The molecular formula is C14H26N6O. The number of ether oxygens (including phenoxy) is 1. The summed E-state index contributed by atoms with van der Waals surface area (Å²) >= 11 is 0. The molecule has 1 fully saturated rings. The molecule has 0 atom stereocenters. The van der Waals surface area contributed by atoms with Gasteiger partial charge in [0.1, 0.15) is 6.10 Å². The van der Waals surface area contributed by atoms with Crippen molar-refractivity contribution in [2.75, 3.05) is 50.5 Å². The van der Waals surface area contributed by atoms with Crippen molar-refractivity contribution in [2.24, 2.45) is 0 Å². The first-order valence-electron chi connectivity index (χ1n) is 7.70. The molecule has 1 aromatic heterocycles. The minimum atomic E-state index is 0.192. The fourth-order valence-electron chi connectivity index (χ4n) is 2.41. The lowest BCUT2D eigenvalue weighted by Gasteiger charge is -2.28. The van der Waals surface area contributed by atoms with Crippen molar-refractivity contribution in [3.63, 3.8) is 0 Å². The first-order chi connectivity index (χ1) is 10.2. The highest BCUT2D eigenvalue weighted by Crippen LogP contribution is 2.19. The molecule has 7 heteroatoms. The Morgan fingerprint density at radius 3 is 2.43 bits per heavy atom. The number of rotatable bonds is 6. The number of hydrogen-bond donors (Lipinski definition) is 1. The van der Waals surface area contributed by atoms with E-state index in [1.165, 1.54) is 0 Å². The van der Waals surface area contributed by atoms with Gasteiger partial charge in [-0.05, 0) is 33.7 Å². The fraction of sp³-hybridized carbons (Fsp3) is 0.786. The molecule has 0 bridgehead atoms. The van der Waals surface area contributed by atoms with E-state index < -0.39 is 0 Å². The Balaban J connectivity index is 2.12. The average molecular weight is 294 g/mol. The van der Waals surface area contributed by atoms with E-state index in [9.17, 15) is 0 Å². The molecule has 1 aromatic rings. The number of hydrogen-bond acceptors (Lipinski definition) is 7. The molecule has 1 saturated heterocycles. The molecule has 0 unspecified atom stereocenters. The maximum absolute atomic E-state index is 5.97. The van der Waals surface area contributed by atoms with E-state index in [-0.39, 0.29) is 6.10 Å². The molecule has 0 aliphatic carbocycles. The van der Waals surface area contributed by atoms with Crippen molar-refractivity contribution in [1.29, 1.82) is 0 Å². The predicted molar refractivity (Wildman–Crippen MR) is 84.1 cm³/mol. The van der Waals surface area contributed by atoms with Crippen LogP contribution < -0.4 is 15.0 Å². The van der Waals surface area contributed by atoms with Gasteiger partial charge in [0.2, 0.25) is 11.9 Å². The number of anilines is 2. The Kier molecular flexibility index (Phi) is 5.55. The molecule has 2 heterocycles. The smallest absolute Gasteiger partial charge is 0.323 e. The lowest BCUT2D eigenvalue weighted by Crippen LogP contribution is -2.36. The monoisotopic (exact) mass is 294 g/mol. The third kappa shape index (κ3) is 4.17. The van der Waals surface area contributed by atoms with Crippen LogP contribution in [0.25, 0.3) is 0 Å². The second kappa shape index (κ2) is 7.40. The summed E-state index contributed by atoms with van der Waals surface area (Å²) in [5.41, 5.74) is 0. The second-order valence-corrected chi connectivity index (χ2v) is 5.28. The van der Waals surface area contributed by atoms with Gasteiger partial charge in [0.05, 0.1) is 0 Å². The van der Waals surface area contributed by atoms with Crippen LogP contribution in [0.5, 0.6) is 6.01 Å². The third-order valence-electron chi connectivity index (χ3n) is 3.81. The maximum atomic E-state index is 5.97. The third-order valence-corrected chi connectivity index (χ3v) is 3.81. The van der Waals surface area contributed by atoms with Crippen LogP contribution in [0, 0.1) is 0 Å². The molecule has 2 rings (SSSR count). The van der Waals surface area contributed by atoms with Crippen LogP contribution in [-0.2, 0) is 0 Å². The van der Waals surface area contributed by atoms with Gasteiger partial charge in [0.25, 0.3) is 0 Å². The molecule has 118 valence electrons. The molecule has 0 radical (unpaired) electrons. The highest BCUT2D eigenvalue weighted by atomic mass is 16.5. The topological polar surface area (TPSA) is 66.4 Å². The Morgan fingerprint density at radius 1 is 1.19 bits per heavy atom. The van der Waals surface area contributed by atoms with Crippen LogP contribution in [0.2, 0.25) is 0 Å². The molecular weight excluding hydrogens is 268 g/mol. The van der Waals surface area contributed by atoms with Gasteiger partial charge in [-0.2, -0.15) is 15.0 Å². The predicted octanol–water partition coefficient (Wildman–Crippen LogP) is 1.23. The van der Waals surface area contributed by atoms with Gasteiger partial charge < -0.3 is 19.9 Å². The SMILES string of the molecule is CCN(CC)c1nc(NC)nc(OC2CCN(C)CC2)n1. The molecule has 1 N–H and O–H groups in total. The minimum absolute atomic E-state index is 0.192. The van der Waals surface area contributed by atoms with E-state index in [4.69, 9.17) is 4.74 Å². The fourth-order valence-corrected chi connectivity index (χ4v) is 2.41. The number of nitrogens with one attached hydrogen (secondary N) is 1. The Hall–Kier alpha value is -1.63. The summed E-state index contributed by atoms with van der Waals surface area (Å²) in [5, 5.41) is 2.98. The molecule has 7 nitrogen and oxygen atoms in total. The van der Waals surface area contributed by atoms with Crippen LogP contribution in [-0.4, -0.2) is 66.2 Å². The molecule has 0 saturated carbocycles. The van der Waals surface area contributed by atoms with E-state index in [0.29, 0.717) is 17.9 Å². The molecule has 0 spiro atoms. The average Bonchev–Trinajstić information content (AvgIpc) is 2.50. The van der Waals surface area contributed by atoms with Crippen molar-refractivity contribution < 1.29 is 4.74 Å². The Labute approximate surface area is 126 Å². The van der Waals surface area contributed by atoms with E-state index in [1.54, 1.807) is 7.05 Å². The first-order valence-corrected chi connectivity index (χ1v) is 7.70. The number of likely N-dealkylation sites (tertiary alicyclic amines) is 1. The van der Waals surface area contributed by atoms with Crippen molar-refractivity contribution in [2.45, 2.75) is 32.8 Å². The number of piperidine rings is 1. The standard InChI is InChI=1S/C14H26N6O/c1-5-20(6-2)13-16-12(15-3)17-14(18-13)21-11-7-9-19(4)10-8-11/h11H,5-10H2,1-4H3,(H,15,16,17,18). The van der Waals surface area contributed by atoms with Gasteiger partial charge in [-0.15, -0.1) is 0 Å². The van der Waals surface area contributed by atoms with Crippen molar-refractivity contribution >= 4 is 11.9 Å². The van der Waals surface area contributed by atoms with Crippen LogP contribution in [0.1, 0.15) is 26.7 Å². The zero-order valence-electron chi connectivity index (χ0n) is 13.5. The Bertz CT molecular complexity index is 443. The van der Waals surface area contributed by atoms with Crippen LogP contribution in [0.15, 0.2) is 0 Å². The summed E-state index contributed by atoms with van der Waals surface area (Å²) in [4.78, 5) is 17.6. The van der Waals surface area contributed by atoms with Gasteiger partial charge in [0.15, 0.2) is 0 Å². The summed E-state index contributed by atoms with van der Waals surface area (Å²) in [5.74, 6) is 1.22. The lowest BCUT2D eigenvalue weighted by atomic mass is 10.1. The highest BCUT2D eigenvalue weighted by Gasteiger charge is 2.20. The zero-order chi connectivity index (χ0) is 15.2. The van der Waals surface area contributed by atoms with Gasteiger partial charge in [-0.3, -0.25) is 0 Å². The number of aromatic nitrogens is 3. The van der Waals surface area contributed by atoms with Crippen molar-refractivity contribution in [3.8, 4) is 6.01 Å². The van der Waals surface area contributed by atoms with Crippen molar-refractivity contribution in [3.05, 3.63) is 0 Å². The Morgan fingerprint density at radius 2 is 1.86 bits per heavy atom. The quantitative estimate of drug-likeness (QED) is 0.846. The lowest BCUT2D eigenvalue weighted by molar-refractivity contribution is 0.105. The van der Waals surface area contributed by atoms with E-state index in [0.717, 1.165) is 39.0 Å².